The van der Waals surface area contributed by atoms with Crippen molar-refractivity contribution in [2.24, 2.45) is 5.10 Å². The lowest BCUT2D eigenvalue weighted by atomic mass is 10.1. The zero-order valence-corrected chi connectivity index (χ0v) is 22.2. The summed E-state index contributed by atoms with van der Waals surface area (Å²) in [5, 5.41) is 31.0. The molecule has 200 valence electrons. The van der Waals surface area contributed by atoms with E-state index in [1.54, 1.807) is 43.2 Å². The summed E-state index contributed by atoms with van der Waals surface area (Å²) in [6.45, 7) is 0.0844. The molecule has 0 saturated carbocycles. The van der Waals surface area contributed by atoms with E-state index in [1.165, 1.54) is 16.4 Å². The van der Waals surface area contributed by atoms with Gasteiger partial charge in [0.2, 0.25) is 10.8 Å². The predicted octanol–water partition coefficient (Wildman–Crippen LogP) is 3.61. The number of benzene rings is 3. The van der Waals surface area contributed by atoms with E-state index < -0.39 is 5.95 Å². The Morgan fingerprint density at radius 2 is 1.55 bits per heavy atom. The molecule has 12 heteroatoms. The van der Waals surface area contributed by atoms with Crippen LogP contribution in [0.1, 0.15) is 17.1 Å². The fourth-order valence-electron chi connectivity index (χ4n) is 3.98. The molecular weight excluding hydrogens is 532 g/mol. The van der Waals surface area contributed by atoms with Crippen molar-refractivity contribution >= 4 is 22.4 Å². The molecule has 3 aromatic carbocycles. The molecule has 0 bridgehead atoms. The van der Waals surface area contributed by atoms with Crippen LogP contribution in [-0.2, 0) is 6.61 Å². The van der Waals surface area contributed by atoms with Gasteiger partial charge in [-0.3, -0.25) is 0 Å². The number of para-hydroxylation sites is 1. The molecule has 0 amide bonds. The molecule has 0 aliphatic carbocycles. The number of nitrogens with zero attached hydrogens (tertiary/aromatic N) is 6. The Morgan fingerprint density at radius 1 is 0.875 bits per heavy atom. The lowest BCUT2D eigenvalue weighted by Crippen LogP contribution is -2.39. The van der Waals surface area contributed by atoms with Crippen LogP contribution >= 0.6 is 11.8 Å². The fourth-order valence-corrected chi connectivity index (χ4v) is 4.91. The van der Waals surface area contributed by atoms with Crippen LogP contribution in [-0.4, -0.2) is 40.1 Å². The number of thioether (sulfide) groups is 1. The smallest absolute Gasteiger partial charge is 0.290 e. The van der Waals surface area contributed by atoms with Crippen molar-refractivity contribution < 1.29 is 28.5 Å². The van der Waals surface area contributed by atoms with E-state index in [-0.39, 0.29) is 12.3 Å². The van der Waals surface area contributed by atoms with E-state index in [0.717, 1.165) is 22.0 Å². The van der Waals surface area contributed by atoms with Gasteiger partial charge in [0, 0.05) is 17.0 Å². The lowest BCUT2D eigenvalue weighted by molar-refractivity contribution is -0.671. The van der Waals surface area contributed by atoms with Crippen molar-refractivity contribution in [3.8, 4) is 28.9 Å². The van der Waals surface area contributed by atoms with Crippen LogP contribution in [0.5, 0.6) is 23.2 Å². The second kappa shape index (κ2) is 10.9. The first kappa shape index (κ1) is 25.2. The molecule has 0 fully saturated rings. The van der Waals surface area contributed by atoms with Gasteiger partial charge in [-0.05, 0) is 64.5 Å². The quantitative estimate of drug-likeness (QED) is 0.265. The average Bonchev–Trinajstić information content (AvgIpc) is 3.52. The van der Waals surface area contributed by atoms with Crippen molar-refractivity contribution in [1.29, 1.82) is 0 Å². The summed E-state index contributed by atoms with van der Waals surface area (Å²) in [6.07, 6.45) is 1.81. The Balaban J connectivity index is 1.43. The number of aromatic nitrogens is 5. The first-order valence-electron chi connectivity index (χ1n) is 12.1. The Morgan fingerprint density at radius 3 is 2.25 bits per heavy atom. The molecule has 5 aromatic rings. The maximum atomic E-state index is 13.0. The highest BCUT2D eigenvalue weighted by Crippen LogP contribution is 2.37. The first-order chi connectivity index (χ1) is 19.6. The molecule has 0 saturated heterocycles. The van der Waals surface area contributed by atoms with Gasteiger partial charge >= 0.3 is 0 Å². The Labute approximate surface area is 232 Å². The molecule has 0 radical (unpaired) electrons. The van der Waals surface area contributed by atoms with Crippen LogP contribution in [0.4, 0.5) is 0 Å². The molecule has 0 spiro atoms. The maximum Gasteiger partial charge on any atom is 0.290 e. The normalized spacial score (nSPS) is 12.7. The lowest BCUT2D eigenvalue weighted by Gasteiger charge is -2.07. The summed E-state index contributed by atoms with van der Waals surface area (Å²) >= 11 is 1.36. The number of fused-ring (bicyclic) bond motifs is 1. The summed E-state index contributed by atoms with van der Waals surface area (Å²) < 4.78 is 24.6. The van der Waals surface area contributed by atoms with Crippen LogP contribution < -0.4 is 24.0 Å². The van der Waals surface area contributed by atoms with Gasteiger partial charge in [0.15, 0.2) is 17.5 Å². The third-order valence-electron chi connectivity index (χ3n) is 6.01. The van der Waals surface area contributed by atoms with Crippen LogP contribution in [0.25, 0.3) is 10.6 Å². The van der Waals surface area contributed by atoms with Gasteiger partial charge in [0.05, 0.1) is 19.5 Å². The summed E-state index contributed by atoms with van der Waals surface area (Å²) in [4.78, 5) is 0.787. The number of allylic oxidation sites excluding steroid dienone is 1. The van der Waals surface area contributed by atoms with Gasteiger partial charge in [0.25, 0.3) is 5.69 Å². The van der Waals surface area contributed by atoms with Crippen molar-refractivity contribution in [3.63, 3.8) is 0 Å². The highest BCUT2D eigenvalue weighted by molar-refractivity contribution is 8.08. The number of hydrogen-bond acceptors (Lipinski definition) is 10. The molecule has 3 heterocycles. The van der Waals surface area contributed by atoms with Crippen LogP contribution in [0, 0.1) is 0 Å². The number of ether oxygens (including phenoxy) is 3. The second-order valence-electron chi connectivity index (χ2n) is 8.46. The van der Waals surface area contributed by atoms with Gasteiger partial charge in [-0.15, -0.1) is 10.2 Å². The largest absolute Gasteiger partial charge is 0.539 e. The maximum absolute atomic E-state index is 13.0. The van der Waals surface area contributed by atoms with Gasteiger partial charge < -0.3 is 23.8 Å². The van der Waals surface area contributed by atoms with E-state index in [1.807, 2.05) is 60.7 Å². The SMILES string of the molecule is COc1ccc(OCc2nnc3n2N=C(c2c([O-])on[n+]2-c2ccccc2)C=C(c2ccc(OC)cc2)S3)cc1. The molecule has 2 aromatic heterocycles. The van der Waals surface area contributed by atoms with Gasteiger partial charge in [-0.2, -0.15) is 9.78 Å². The molecule has 1 aliphatic rings. The molecule has 6 rings (SSSR count). The Hall–Kier alpha value is -5.10. The van der Waals surface area contributed by atoms with Crippen molar-refractivity contribution in [3.05, 3.63) is 102 Å². The second-order valence-corrected chi connectivity index (χ2v) is 9.46. The van der Waals surface area contributed by atoms with E-state index in [2.05, 4.69) is 15.5 Å². The topological polar surface area (TPSA) is 124 Å². The average molecular weight is 555 g/mol. The predicted molar refractivity (Wildman–Crippen MR) is 144 cm³/mol. The minimum absolute atomic E-state index is 0.0844. The minimum atomic E-state index is -0.634. The van der Waals surface area contributed by atoms with Crippen LogP contribution in [0.15, 0.2) is 99.7 Å². The molecule has 0 atom stereocenters. The standard InChI is InChI=1S/C28H22N6O5S/c1-36-20-10-8-18(9-11-20)24-16-23(26-27(35)39-32-33(26)19-6-4-3-5-7-19)31-34-25(29-30-28(34)40-24)17-38-22-14-12-21(37-2)13-15-22/h3-16H,17H2,1-2H3. The monoisotopic (exact) mass is 554 g/mol. The molecule has 0 N–H and O–H groups in total. The Kier molecular flexibility index (Phi) is 6.89. The van der Waals surface area contributed by atoms with Gasteiger partial charge in [-0.25, -0.2) is 0 Å². The van der Waals surface area contributed by atoms with Crippen molar-refractivity contribution in [1.82, 2.24) is 20.1 Å². The molecule has 40 heavy (non-hydrogen) atoms. The van der Waals surface area contributed by atoms with E-state index >= 15 is 0 Å². The third kappa shape index (κ3) is 4.99. The number of rotatable bonds is 8. The zero-order chi connectivity index (χ0) is 27.5. The third-order valence-corrected chi connectivity index (χ3v) is 7.02. The molecule has 1 aliphatic heterocycles. The Bertz CT molecular complexity index is 1700. The number of methoxy groups -OCH3 is 2. The number of hydrogen-bond donors (Lipinski definition) is 0. The molecule has 11 nitrogen and oxygen atoms in total. The van der Waals surface area contributed by atoms with Crippen molar-refractivity contribution in [2.45, 2.75) is 11.8 Å². The first-order valence-corrected chi connectivity index (χ1v) is 12.9. The highest BCUT2D eigenvalue weighted by atomic mass is 32.2. The van der Waals surface area contributed by atoms with Crippen molar-refractivity contribution in [2.75, 3.05) is 14.2 Å². The summed E-state index contributed by atoms with van der Waals surface area (Å²) in [6, 6.07) is 24.0. The summed E-state index contributed by atoms with van der Waals surface area (Å²) in [5.74, 6) is 1.88. The van der Waals surface area contributed by atoms with Gasteiger partial charge in [0.1, 0.15) is 23.9 Å². The summed E-state index contributed by atoms with van der Waals surface area (Å²) in [7, 11) is 3.22. The van der Waals surface area contributed by atoms with Crippen LogP contribution in [0.3, 0.4) is 0 Å². The van der Waals surface area contributed by atoms with E-state index in [9.17, 15) is 5.11 Å². The van der Waals surface area contributed by atoms with Gasteiger partial charge in [-0.1, -0.05) is 30.3 Å². The minimum Gasteiger partial charge on any atom is -0.539 e. The van der Waals surface area contributed by atoms with E-state index in [4.69, 9.17) is 23.8 Å². The molecule has 0 unspecified atom stereocenters. The van der Waals surface area contributed by atoms with Crippen LogP contribution in [0.2, 0.25) is 0 Å². The molecular formula is C28H22N6O5S. The summed E-state index contributed by atoms with van der Waals surface area (Å²) in [5.41, 5.74) is 1.99. The fraction of sp³-hybridized carbons (Fsp3) is 0.107. The zero-order valence-electron chi connectivity index (χ0n) is 21.4. The van der Waals surface area contributed by atoms with E-state index in [0.29, 0.717) is 28.1 Å². The highest BCUT2D eigenvalue weighted by Gasteiger charge is 2.29.